The lowest BCUT2D eigenvalue weighted by molar-refractivity contribution is 0.941. The third kappa shape index (κ3) is 2.49. The van der Waals surface area contributed by atoms with E-state index in [0.29, 0.717) is 15.5 Å². The molecule has 0 bridgehead atoms. The summed E-state index contributed by atoms with van der Waals surface area (Å²) in [4.78, 5) is 4.17. The molecule has 0 atom stereocenters. The highest BCUT2D eigenvalue weighted by Gasteiger charge is 2.41. The van der Waals surface area contributed by atoms with Crippen molar-refractivity contribution in [2.24, 2.45) is 0 Å². The van der Waals surface area contributed by atoms with E-state index in [9.17, 15) is 0 Å². The molecule has 1 fully saturated rings. The van der Waals surface area contributed by atoms with Crippen molar-refractivity contribution in [3.05, 3.63) is 17.3 Å². The lowest BCUT2D eigenvalue weighted by Gasteiger charge is -2.14. The molecule has 1 heterocycles. The van der Waals surface area contributed by atoms with Gasteiger partial charge in [-0.25, -0.2) is 4.98 Å². The zero-order valence-corrected chi connectivity index (χ0v) is 10.2. The first-order valence-electron chi connectivity index (χ1n) is 4.85. The Labute approximate surface area is 98.8 Å². The van der Waals surface area contributed by atoms with Gasteiger partial charge in [0.1, 0.15) is 5.82 Å². The van der Waals surface area contributed by atoms with E-state index in [0.717, 1.165) is 12.4 Å². The van der Waals surface area contributed by atoms with Crippen LogP contribution in [0.15, 0.2) is 12.3 Å². The van der Waals surface area contributed by atoms with Gasteiger partial charge in [0.2, 0.25) is 0 Å². The van der Waals surface area contributed by atoms with Crippen LogP contribution in [0.25, 0.3) is 0 Å². The van der Waals surface area contributed by atoms with E-state index in [1.165, 1.54) is 12.8 Å². The van der Waals surface area contributed by atoms with E-state index in [-0.39, 0.29) is 0 Å². The molecule has 0 amide bonds. The minimum Gasteiger partial charge on any atom is -0.397 e. The number of anilines is 2. The van der Waals surface area contributed by atoms with Crippen LogP contribution in [0.1, 0.15) is 12.8 Å². The minimum absolute atomic E-state index is 0.409. The highest BCUT2D eigenvalue weighted by molar-refractivity contribution is 8.00. The molecule has 0 unspecified atom stereocenters. The van der Waals surface area contributed by atoms with Gasteiger partial charge >= 0.3 is 0 Å². The molecule has 1 saturated carbocycles. The van der Waals surface area contributed by atoms with E-state index in [4.69, 9.17) is 17.3 Å². The number of thioether (sulfide) groups is 1. The van der Waals surface area contributed by atoms with E-state index >= 15 is 0 Å². The largest absolute Gasteiger partial charge is 0.397 e. The Morgan fingerprint density at radius 1 is 1.67 bits per heavy atom. The molecular weight excluding hydrogens is 230 g/mol. The van der Waals surface area contributed by atoms with Crippen molar-refractivity contribution in [2.45, 2.75) is 17.6 Å². The Morgan fingerprint density at radius 2 is 2.40 bits per heavy atom. The summed E-state index contributed by atoms with van der Waals surface area (Å²) in [6.07, 6.45) is 6.31. The molecule has 3 nitrogen and oxygen atoms in total. The maximum atomic E-state index is 6.01. The highest BCUT2D eigenvalue weighted by atomic mass is 35.5. The molecule has 2 rings (SSSR count). The monoisotopic (exact) mass is 243 g/mol. The maximum absolute atomic E-state index is 6.01. The van der Waals surface area contributed by atoms with Gasteiger partial charge in [-0.05, 0) is 25.2 Å². The standard InChI is InChI=1S/C10H14ClN3S/c1-15-10(2-3-10)6-14-9-8(11)4-7(12)5-13-9/h4-5H,2-3,6,12H2,1H3,(H,13,14). The fraction of sp³-hybridized carbons (Fsp3) is 0.500. The van der Waals surface area contributed by atoms with Crippen LogP contribution in [0.3, 0.4) is 0 Å². The predicted octanol–water partition coefficient (Wildman–Crippen LogP) is 2.62. The van der Waals surface area contributed by atoms with Crippen molar-refractivity contribution in [1.82, 2.24) is 4.98 Å². The molecule has 3 N–H and O–H groups in total. The number of aromatic nitrogens is 1. The van der Waals surface area contributed by atoms with Gasteiger partial charge in [0.25, 0.3) is 0 Å². The molecular formula is C10H14ClN3S. The topological polar surface area (TPSA) is 50.9 Å². The molecule has 0 saturated heterocycles. The Bertz CT molecular complexity index is 366. The highest BCUT2D eigenvalue weighted by Crippen LogP contribution is 2.47. The van der Waals surface area contributed by atoms with E-state index in [2.05, 4.69) is 16.6 Å². The number of hydrogen-bond acceptors (Lipinski definition) is 4. The third-order valence-electron chi connectivity index (χ3n) is 2.68. The minimum atomic E-state index is 0.409. The first-order chi connectivity index (χ1) is 7.15. The Morgan fingerprint density at radius 3 is 2.93 bits per heavy atom. The van der Waals surface area contributed by atoms with Crippen molar-refractivity contribution < 1.29 is 0 Å². The number of rotatable bonds is 4. The van der Waals surface area contributed by atoms with Crippen molar-refractivity contribution in [3.63, 3.8) is 0 Å². The molecule has 1 aliphatic rings. The number of nitrogen functional groups attached to an aromatic ring is 1. The summed E-state index contributed by atoms with van der Waals surface area (Å²) in [5, 5.41) is 3.86. The Hall–Kier alpha value is -0.610. The van der Waals surface area contributed by atoms with Crippen LogP contribution < -0.4 is 11.1 Å². The molecule has 5 heteroatoms. The van der Waals surface area contributed by atoms with Gasteiger partial charge < -0.3 is 11.1 Å². The molecule has 1 aliphatic carbocycles. The number of halogens is 1. The zero-order valence-electron chi connectivity index (χ0n) is 8.59. The van der Waals surface area contributed by atoms with Crippen molar-refractivity contribution in [3.8, 4) is 0 Å². The average Bonchev–Trinajstić information content (AvgIpc) is 2.97. The summed E-state index contributed by atoms with van der Waals surface area (Å²) < 4.78 is 0.409. The summed E-state index contributed by atoms with van der Waals surface area (Å²) in [5.74, 6) is 0.728. The number of pyridine rings is 1. The SMILES string of the molecule is CSC1(CNc2ncc(N)cc2Cl)CC1. The van der Waals surface area contributed by atoms with Crippen molar-refractivity contribution >= 4 is 34.9 Å². The first-order valence-corrected chi connectivity index (χ1v) is 6.45. The van der Waals surface area contributed by atoms with Crippen molar-refractivity contribution in [1.29, 1.82) is 0 Å². The number of hydrogen-bond donors (Lipinski definition) is 2. The zero-order chi connectivity index (χ0) is 10.9. The van der Waals surface area contributed by atoms with Gasteiger partial charge in [-0.15, -0.1) is 0 Å². The number of nitrogens with zero attached hydrogens (tertiary/aromatic N) is 1. The molecule has 1 aromatic rings. The maximum Gasteiger partial charge on any atom is 0.144 e. The summed E-state index contributed by atoms with van der Waals surface area (Å²) >= 11 is 7.92. The molecule has 0 aliphatic heterocycles. The van der Waals surface area contributed by atoms with E-state index < -0.39 is 0 Å². The first kappa shape index (κ1) is 10.9. The molecule has 0 spiro atoms. The Kier molecular flexibility index (Phi) is 2.98. The van der Waals surface area contributed by atoms with Crippen LogP contribution in [0.2, 0.25) is 5.02 Å². The quantitative estimate of drug-likeness (QED) is 0.854. The summed E-state index contributed by atoms with van der Waals surface area (Å²) in [6.45, 7) is 0.921. The molecule has 1 aromatic heterocycles. The van der Waals surface area contributed by atoms with Gasteiger partial charge in [-0.2, -0.15) is 11.8 Å². The Balaban J connectivity index is 1.99. The van der Waals surface area contributed by atoms with Crippen LogP contribution in [0.4, 0.5) is 11.5 Å². The average molecular weight is 244 g/mol. The van der Waals surface area contributed by atoms with Crippen LogP contribution in [-0.2, 0) is 0 Å². The second-order valence-corrected chi connectivity index (χ2v) is 5.52. The fourth-order valence-corrected chi connectivity index (χ4v) is 2.39. The van der Waals surface area contributed by atoms with E-state index in [1.54, 1.807) is 12.3 Å². The van der Waals surface area contributed by atoms with Crippen LogP contribution >= 0.6 is 23.4 Å². The summed E-state index contributed by atoms with van der Waals surface area (Å²) in [5.41, 5.74) is 6.16. The third-order valence-corrected chi connectivity index (χ3v) is 4.39. The lowest BCUT2D eigenvalue weighted by atomic mass is 10.3. The number of nitrogens with two attached hydrogens (primary N) is 1. The molecule has 82 valence electrons. The number of nitrogens with one attached hydrogen (secondary N) is 1. The second kappa shape index (κ2) is 4.10. The van der Waals surface area contributed by atoms with Gasteiger partial charge in [0.15, 0.2) is 0 Å². The van der Waals surface area contributed by atoms with Crippen LogP contribution in [0, 0.1) is 0 Å². The van der Waals surface area contributed by atoms with Gasteiger partial charge in [0.05, 0.1) is 16.9 Å². The molecule has 15 heavy (non-hydrogen) atoms. The molecule has 0 radical (unpaired) electrons. The smallest absolute Gasteiger partial charge is 0.144 e. The predicted molar refractivity (Wildman–Crippen MR) is 67.6 cm³/mol. The molecule has 0 aromatic carbocycles. The normalized spacial score (nSPS) is 17.5. The fourth-order valence-electron chi connectivity index (χ4n) is 1.42. The lowest BCUT2D eigenvalue weighted by Crippen LogP contribution is -2.18. The van der Waals surface area contributed by atoms with Gasteiger partial charge in [-0.1, -0.05) is 11.6 Å². The van der Waals surface area contributed by atoms with Gasteiger partial charge in [-0.3, -0.25) is 0 Å². The van der Waals surface area contributed by atoms with E-state index in [1.807, 2.05) is 11.8 Å². The summed E-state index contributed by atoms with van der Waals surface area (Å²) in [6, 6.07) is 1.72. The van der Waals surface area contributed by atoms with Crippen LogP contribution in [-0.4, -0.2) is 22.5 Å². The second-order valence-electron chi connectivity index (χ2n) is 3.84. The van der Waals surface area contributed by atoms with Crippen molar-refractivity contribution in [2.75, 3.05) is 23.9 Å². The van der Waals surface area contributed by atoms with Crippen LogP contribution in [0.5, 0.6) is 0 Å². The van der Waals surface area contributed by atoms with Gasteiger partial charge in [0, 0.05) is 11.3 Å². The summed E-state index contributed by atoms with van der Waals surface area (Å²) in [7, 11) is 0.